The van der Waals surface area contributed by atoms with Crippen molar-refractivity contribution in [3.63, 3.8) is 0 Å². The van der Waals surface area contributed by atoms with E-state index < -0.39 is 4.75 Å². The van der Waals surface area contributed by atoms with E-state index in [-0.39, 0.29) is 35.6 Å². The maximum atomic E-state index is 12.5. The van der Waals surface area contributed by atoms with Gasteiger partial charge in [0.1, 0.15) is 5.78 Å². The summed E-state index contributed by atoms with van der Waals surface area (Å²) in [6.07, 6.45) is 6.07. The van der Waals surface area contributed by atoms with Gasteiger partial charge in [0.05, 0.1) is 16.9 Å². The average molecular weight is 351 g/mol. The monoisotopic (exact) mass is 351 g/mol. The number of carbonyl (C=O) groups is 2. The Labute approximate surface area is 146 Å². The maximum absolute atomic E-state index is 12.5. The van der Waals surface area contributed by atoms with E-state index in [4.69, 9.17) is 5.41 Å². The highest BCUT2D eigenvalue weighted by molar-refractivity contribution is 8.02. The molecule has 1 aromatic rings. The minimum atomic E-state index is -0.574. The van der Waals surface area contributed by atoms with Gasteiger partial charge in [0, 0.05) is 5.25 Å². The fourth-order valence-corrected chi connectivity index (χ4v) is 4.25. The van der Waals surface area contributed by atoms with Crippen molar-refractivity contribution < 1.29 is 9.59 Å². The summed E-state index contributed by atoms with van der Waals surface area (Å²) in [5, 5.41) is 17.5. The van der Waals surface area contributed by atoms with Gasteiger partial charge in [-0.15, -0.1) is 16.9 Å². The number of nitrogens with one attached hydrogen (secondary N) is 3. The third-order valence-electron chi connectivity index (χ3n) is 3.98. The molecule has 8 heteroatoms. The van der Waals surface area contributed by atoms with Gasteiger partial charge in [-0.1, -0.05) is 19.3 Å². The quantitative estimate of drug-likeness (QED) is 0.654. The van der Waals surface area contributed by atoms with Gasteiger partial charge in [0.25, 0.3) is 0 Å². The summed E-state index contributed by atoms with van der Waals surface area (Å²) in [5.41, 5.74) is 0.0614. The zero-order valence-electron chi connectivity index (χ0n) is 14.4. The molecule has 1 fully saturated rings. The highest BCUT2D eigenvalue weighted by Crippen LogP contribution is 2.37. The first-order valence-electron chi connectivity index (χ1n) is 8.27. The zero-order valence-corrected chi connectivity index (χ0v) is 15.3. The van der Waals surface area contributed by atoms with Gasteiger partial charge in [0.15, 0.2) is 5.82 Å². The van der Waals surface area contributed by atoms with Crippen LogP contribution in [0.15, 0.2) is 0 Å². The highest BCUT2D eigenvalue weighted by Gasteiger charge is 2.33. The topological polar surface area (TPSA) is 112 Å². The third-order valence-corrected chi connectivity index (χ3v) is 5.56. The lowest BCUT2D eigenvalue weighted by atomic mass is 10.0. The fourth-order valence-electron chi connectivity index (χ4n) is 2.69. The molecule has 0 aliphatic heterocycles. The summed E-state index contributed by atoms with van der Waals surface area (Å²) >= 11 is 1.71. The van der Waals surface area contributed by atoms with Gasteiger partial charge in [-0.25, -0.2) is 0 Å². The van der Waals surface area contributed by atoms with Gasteiger partial charge >= 0.3 is 0 Å². The standard InChI is InChI=1S/C16H25N5O2S/c1-10(22)9-12(17)13-18-15(21-20-13)19-14(23)16(2,3)24-11-7-5-4-6-8-11/h11,17H,4-9H2,1-3H3,(H2,18,19,20,21,23). The van der Waals surface area contributed by atoms with Crippen molar-refractivity contribution in [2.75, 3.05) is 5.32 Å². The summed E-state index contributed by atoms with van der Waals surface area (Å²) < 4.78 is -0.574. The molecule has 1 amide bonds. The van der Waals surface area contributed by atoms with Crippen LogP contribution in [0.2, 0.25) is 0 Å². The van der Waals surface area contributed by atoms with Gasteiger partial charge in [0.2, 0.25) is 11.9 Å². The Bertz CT molecular complexity index is 620. The minimum Gasteiger partial charge on any atom is -0.301 e. The number of nitrogens with zero attached hydrogens (tertiary/aromatic N) is 2. The number of anilines is 1. The molecule has 24 heavy (non-hydrogen) atoms. The molecule has 0 bridgehead atoms. The molecule has 2 rings (SSSR count). The molecule has 0 radical (unpaired) electrons. The van der Waals surface area contributed by atoms with E-state index in [0.717, 1.165) is 12.8 Å². The van der Waals surface area contributed by atoms with Crippen LogP contribution in [0.3, 0.4) is 0 Å². The fraction of sp³-hybridized carbons (Fsp3) is 0.688. The van der Waals surface area contributed by atoms with Gasteiger partial charge in [-0.3, -0.25) is 20.0 Å². The van der Waals surface area contributed by atoms with Crippen LogP contribution >= 0.6 is 11.8 Å². The second kappa shape index (κ2) is 7.92. The Balaban J connectivity index is 1.94. The highest BCUT2D eigenvalue weighted by atomic mass is 32.2. The van der Waals surface area contributed by atoms with Crippen LogP contribution in [0.25, 0.3) is 0 Å². The van der Waals surface area contributed by atoms with Crippen molar-refractivity contribution >= 4 is 35.1 Å². The number of aromatic nitrogens is 3. The van der Waals surface area contributed by atoms with E-state index in [9.17, 15) is 9.59 Å². The molecule has 1 aromatic heterocycles. The van der Waals surface area contributed by atoms with Crippen molar-refractivity contribution in [3.8, 4) is 0 Å². The van der Waals surface area contributed by atoms with E-state index in [1.165, 1.54) is 26.2 Å². The normalized spacial score (nSPS) is 16.0. The summed E-state index contributed by atoms with van der Waals surface area (Å²) in [6.45, 7) is 5.23. The van der Waals surface area contributed by atoms with Crippen LogP contribution in [0, 0.1) is 5.41 Å². The summed E-state index contributed by atoms with van der Waals surface area (Å²) in [6, 6.07) is 0. The summed E-state index contributed by atoms with van der Waals surface area (Å²) in [4.78, 5) is 27.7. The van der Waals surface area contributed by atoms with Crippen LogP contribution < -0.4 is 5.32 Å². The smallest absolute Gasteiger partial charge is 0.249 e. The number of ketones is 1. The first-order chi connectivity index (χ1) is 11.3. The molecule has 0 aromatic carbocycles. The van der Waals surface area contributed by atoms with Gasteiger partial charge < -0.3 is 5.41 Å². The lowest BCUT2D eigenvalue weighted by Crippen LogP contribution is -2.36. The van der Waals surface area contributed by atoms with Gasteiger partial charge in [-0.05, 0) is 33.6 Å². The van der Waals surface area contributed by atoms with E-state index in [0.29, 0.717) is 5.25 Å². The molecule has 0 saturated heterocycles. The molecular weight excluding hydrogens is 326 g/mol. The van der Waals surface area contributed by atoms with Crippen molar-refractivity contribution in [1.29, 1.82) is 5.41 Å². The summed E-state index contributed by atoms with van der Waals surface area (Å²) in [7, 11) is 0. The SMILES string of the molecule is CC(=O)CC(=N)c1nc(NC(=O)C(C)(C)SC2CCCCC2)n[nH]1. The van der Waals surface area contributed by atoms with Crippen molar-refractivity contribution in [2.45, 2.75) is 69.3 Å². The number of H-pyrrole nitrogens is 1. The Hall–Kier alpha value is -1.70. The second-order valence-corrected chi connectivity index (χ2v) is 8.63. The number of thioether (sulfide) groups is 1. The Morgan fingerprint density at radius 1 is 1.33 bits per heavy atom. The Kier molecular flexibility index (Phi) is 6.15. The zero-order chi connectivity index (χ0) is 17.7. The molecule has 1 saturated carbocycles. The summed E-state index contributed by atoms with van der Waals surface area (Å²) in [5.74, 6) is 0.0765. The van der Waals surface area contributed by atoms with Gasteiger partial charge in [-0.2, -0.15) is 4.98 Å². The molecule has 1 aliphatic carbocycles. The molecule has 7 nitrogen and oxygen atoms in total. The minimum absolute atomic E-state index is 0.00833. The molecule has 0 unspecified atom stereocenters. The molecule has 0 atom stereocenters. The van der Waals surface area contributed by atoms with E-state index in [2.05, 4.69) is 20.5 Å². The molecule has 3 N–H and O–H groups in total. The molecule has 132 valence electrons. The number of hydrogen-bond donors (Lipinski definition) is 3. The first-order valence-corrected chi connectivity index (χ1v) is 9.15. The molecule has 0 spiro atoms. The van der Waals surface area contributed by atoms with Crippen molar-refractivity contribution in [2.24, 2.45) is 0 Å². The predicted octanol–water partition coefficient (Wildman–Crippen LogP) is 2.93. The lowest BCUT2D eigenvalue weighted by molar-refractivity contribution is -0.118. The van der Waals surface area contributed by atoms with Crippen LogP contribution in [0.1, 0.15) is 65.1 Å². The largest absolute Gasteiger partial charge is 0.301 e. The first kappa shape index (κ1) is 18.6. The van der Waals surface area contributed by atoms with E-state index in [1.54, 1.807) is 11.8 Å². The number of Topliss-reactive ketones (excluding diaryl/α,β-unsaturated/α-hetero) is 1. The lowest BCUT2D eigenvalue weighted by Gasteiger charge is -2.30. The third kappa shape index (κ3) is 5.15. The molecule has 1 heterocycles. The van der Waals surface area contributed by atoms with Crippen molar-refractivity contribution in [1.82, 2.24) is 15.2 Å². The van der Waals surface area contributed by atoms with Crippen LogP contribution in [0.5, 0.6) is 0 Å². The van der Waals surface area contributed by atoms with E-state index in [1.807, 2.05) is 13.8 Å². The van der Waals surface area contributed by atoms with Crippen LogP contribution in [0.4, 0.5) is 5.95 Å². The average Bonchev–Trinajstić information content (AvgIpc) is 2.95. The Morgan fingerprint density at radius 2 is 2.00 bits per heavy atom. The van der Waals surface area contributed by atoms with Crippen LogP contribution in [-0.4, -0.2) is 42.6 Å². The molecular formula is C16H25N5O2S. The number of rotatable bonds is 7. The second-order valence-electron chi connectivity index (χ2n) is 6.71. The number of amides is 1. The Morgan fingerprint density at radius 3 is 2.62 bits per heavy atom. The predicted molar refractivity (Wildman–Crippen MR) is 95.7 cm³/mol. The number of carbonyl (C=O) groups excluding carboxylic acids is 2. The van der Waals surface area contributed by atoms with Crippen molar-refractivity contribution in [3.05, 3.63) is 5.82 Å². The van der Waals surface area contributed by atoms with Crippen LogP contribution in [-0.2, 0) is 9.59 Å². The maximum Gasteiger partial charge on any atom is 0.249 e. The van der Waals surface area contributed by atoms with E-state index >= 15 is 0 Å². The number of hydrogen-bond acceptors (Lipinski definition) is 6. The molecule has 1 aliphatic rings. The number of aromatic amines is 1.